The lowest BCUT2D eigenvalue weighted by atomic mass is 9.90. The number of carbonyl (C=O) groups excluding carboxylic acids is 1. The van der Waals surface area contributed by atoms with E-state index in [1.807, 2.05) is 54.6 Å². The number of hydrogen-bond acceptors (Lipinski definition) is 4. The van der Waals surface area contributed by atoms with Crippen LogP contribution < -0.4 is 15.8 Å². The SMILES string of the molecule is CC1(CN)CCN(CCC(=O)Nc2ccccc2Oc2ccccc2)C1. The van der Waals surface area contributed by atoms with Gasteiger partial charge in [0.15, 0.2) is 5.75 Å². The summed E-state index contributed by atoms with van der Waals surface area (Å²) in [6.07, 6.45) is 1.55. The molecule has 2 aromatic carbocycles. The first-order chi connectivity index (χ1) is 12.6. The Balaban J connectivity index is 1.55. The van der Waals surface area contributed by atoms with E-state index in [1.165, 1.54) is 0 Å². The summed E-state index contributed by atoms with van der Waals surface area (Å²) in [4.78, 5) is 14.7. The number of anilines is 1. The first kappa shape index (κ1) is 18.4. The van der Waals surface area contributed by atoms with Gasteiger partial charge in [0.1, 0.15) is 5.75 Å². The lowest BCUT2D eigenvalue weighted by Gasteiger charge is -2.22. The molecule has 1 aliphatic heterocycles. The van der Waals surface area contributed by atoms with Gasteiger partial charge in [-0.15, -0.1) is 0 Å². The van der Waals surface area contributed by atoms with Crippen molar-refractivity contribution in [2.24, 2.45) is 11.1 Å². The molecule has 1 atom stereocenters. The lowest BCUT2D eigenvalue weighted by molar-refractivity contribution is -0.116. The van der Waals surface area contributed by atoms with Gasteiger partial charge >= 0.3 is 0 Å². The predicted molar refractivity (Wildman–Crippen MR) is 104 cm³/mol. The van der Waals surface area contributed by atoms with E-state index in [2.05, 4.69) is 17.1 Å². The van der Waals surface area contributed by atoms with Crippen molar-refractivity contribution in [2.45, 2.75) is 19.8 Å². The van der Waals surface area contributed by atoms with E-state index < -0.39 is 0 Å². The van der Waals surface area contributed by atoms with E-state index in [1.54, 1.807) is 0 Å². The summed E-state index contributed by atoms with van der Waals surface area (Å²) in [7, 11) is 0. The number of nitrogens with zero attached hydrogens (tertiary/aromatic N) is 1. The Labute approximate surface area is 155 Å². The van der Waals surface area contributed by atoms with Gasteiger partial charge in [0.2, 0.25) is 5.91 Å². The molecule has 5 heteroatoms. The van der Waals surface area contributed by atoms with Crippen molar-refractivity contribution in [3.05, 3.63) is 54.6 Å². The number of hydrogen-bond donors (Lipinski definition) is 2. The summed E-state index contributed by atoms with van der Waals surface area (Å²) >= 11 is 0. The van der Waals surface area contributed by atoms with Crippen molar-refractivity contribution >= 4 is 11.6 Å². The van der Waals surface area contributed by atoms with Gasteiger partial charge < -0.3 is 20.7 Å². The minimum Gasteiger partial charge on any atom is -0.455 e. The summed E-state index contributed by atoms with van der Waals surface area (Å²) < 4.78 is 5.89. The molecule has 0 radical (unpaired) electrons. The highest BCUT2D eigenvalue weighted by Gasteiger charge is 2.32. The third-order valence-corrected chi connectivity index (χ3v) is 4.92. The Morgan fingerprint density at radius 3 is 2.65 bits per heavy atom. The first-order valence-electron chi connectivity index (χ1n) is 9.12. The van der Waals surface area contributed by atoms with Crippen molar-refractivity contribution in [3.8, 4) is 11.5 Å². The molecule has 1 aliphatic rings. The molecule has 1 unspecified atom stereocenters. The van der Waals surface area contributed by atoms with Gasteiger partial charge in [0.25, 0.3) is 0 Å². The molecule has 1 amide bonds. The van der Waals surface area contributed by atoms with Crippen LogP contribution in [0.4, 0.5) is 5.69 Å². The number of nitrogens with one attached hydrogen (secondary N) is 1. The molecule has 1 fully saturated rings. The quantitative estimate of drug-likeness (QED) is 0.800. The summed E-state index contributed by atoms with van der Waals surface area (Å²) in [6.45, 7) is 5.63. The molecule has 1 heterocycles. The van der Waals surface area contributed by atoms with Crippen LogP contribution in [0.15, 0.2) is 54.6 Å². The number of likely N-dealkylation sites (tertiary alicyclic amines) is 1. The molecular formula is C21H27N3O2. The van der Waals surface area contributed by atoms with Crippen LogP contribution in [-0.2, 0) is 4.79 Å². The Morgan fingerprint density at radius 1 is 1.19 bits per heavy atom. The van der Waals surface area contributed by atoms with Gasteiger partial charge in [-0.1, -0.05) is 37.3 Å². The van der Waals surface area contributed by atoms with Gasteiger partial charge in [-0.25, -0.2) is 0 Å². The maximum Gasteiger partial charge on any atom is 0.225 e. The number of benzene rings is 2. The Hall–Kier alpha value is -2.37. The molecular weight excluding hydrogens is 326 g/mol. The molecule has 0 aliphatic carbocycles. The van der Waals surface area contributed by atoms with Crippen molar-refractivity contribution in [3.63, 3.8) is 0 Å². The predicted octanol–water partition coefficient (Wildman–Crippen LogP) is 3.48. The largest absolute Gasteiger partial charge is 0.455 e. The minimum absolute atomic E-state index is 0.00420. The van der Waals surface area contributed by atoms with Crippen molar-refractivity contribution in [1.82, 2.24) is 4.90 Å². The normalized spacial score (nSPS) is 20.1. The van der Waals surface area contributed by atoms with Crippen molar-refractivity contribution in [2.75, 3.05) is 31.5 Å². The molecule has 3 rings (SSSR count). The second kappa shape index (κ2) is 8.34. The molecule has 3 N–H and O–H groups in total. The molecule has 0 spiro atoms. The Bertz CT molecular complexity index is 735. The van der Waals surface area contributed by atoms with E-state index in [0.717, 1.165) is 31.8 Å². The highest BCUT2D eigenvalue weighted by molar-refractivity contribution is 5.92. The van der Waals surface area contributed by atoms with Gasteiger partial charge in [0, 0.05) is 19.5 Å². The van der Waals surface area contributed by atoms with Crippen LogP contribution in [0.5, 0.6) is 11.5 Å². The van der Waals surface area contributed by atoms with Crippen molar-refractivity contribution < 1.29 is 9.53 Å². The van der Waals surface area contributed by atoms with Crippen molar-refractivity contribution in [1.29, 1.82) is 0 Å². The minimum atomic E-state index is -0.00420. The van der Waals surface area contributed by atoms with Crippen LogP contribution in [0, 0.1) is 5.41 Å². The number of amides is 1. The summed E-state index contributed by atoms with van der Waals surface area (Å²) in [6, 6.07) is 17.1. The Kier molecular flexibility index (Phi) is 5.91. The standard InChI is InChI=1S/C21H27N3O2/c1-21(15-22)12-14-24(16-21)13-11-20(25)23-18-9-5-6-10-19(18)26-17-7-3-2-4-8-17/h2-10H,11-16,22H2,1H3,(H,23,25). The fourth-order valence-electron chi connectivity index (χ4n) is 3.23. The van der Waals surface area contributed by atoms with Gasteiger partial charge in [-0.2, -0.15) is 0 Å². The van der Waals surface area contributed by atoms with Crippen LogP contribution in [0.2, 0.25) is 0 Å². The fraction of sp³-hybridized carbons (Fsp3) is 0.381. The summed E-state index contributed by atoms with van der Waals surface area (Å²) in [5, 5.41) is 2.97. The van der Waals surface area contributed by atoms with E-state index in [-0.39, 0.29) is 11.3 Å². The average molecular weight is 353 g/mol. The summed E-state index contributed by atoms with van der Waals surface area (Å²) in [5.41, 5.74) is 6.73. The third-order valence-electron chi connectivity index (χ3n) is 4.92. The molecule has 1 saturated heterocycles. The second-order valence-corrected chi connectivity index (χ2v) is 7.25. The highest BCUT2D eigenvalue weighted by Crippen LogP contribution is 2.30. The number of ether oxygens (including phenoxy) is 1. The molecule has 26 heavy (non-hydrogen) atoms. The maximum atomic E-state index is 12.4. The zero-order valence-electron chi connectivity index (χ0n) is 15.3. The zero-order chi connectivity index (χ0) is 18.4. The topological polar surface area (TPSA) is 67.6 Å². The average Bonchev–Trinajstić information content (AvgIpc) is 3.05. The molecule has 0 aromatic heterocycles. The fourth-order valence-corrected chi connectivity index (χ4v) is 3.23. The molecule has 0 bridgehead atoms. The number of nitrogens with two attached hydrogens (primary N) is 1. The van der Waals surface area contributed by atoms with E-state index in [9.17, 15) is 4.79 Å². The maximum absolute atomic E-state index is 12.4. The number of rotatable bonds is 7. The first-order valence-corrected chi connectivity index (χ1v) is 9.12. The molecule has 2 aromatic rings. The highest BCUT2D eigenvalue weighted by atomic mass is 16.5. The van der Waals surface area contributed by atoms with Crippen LogP contribution in [0.3, 0.4) is 0 Å². The van der Waals surface area contributed by atoms with Crippen LogP contribution in [-0.4, -0.2) is 37.0 Å². The second-order valence-electron chi connectivity index (χ2n) is 7.25. The van der Waals surface area contributed by atoms with E-state index >= 15 is 0 Å². The monoisotopic (exact) mass is 353 g/mol. The van der Waals surface area contributed by atoms with Gasteiger partial charge in [0.05, 0.1) is 5.69 Å². The van der Waals surface area contributed by atoms with Crippen LogP contribution in [0.25, 0.3) is 0 Å². The number of carbonyl (C=O) groups is 1. The molecule has 0 saturated carbocycles. The third kappa shape index (κ3) is 4.84. The van der Waals surface area contributed by atoms with Crippen LogP contribution in [0.1, 0.15) is 19.8 Å². The zero-order valence-corrected chi connectivity index (χ0v) is 15.3. The smallest absolute Gasteiger partial charge is 0.225 e. The van der Waals surface area contributed by atoms with E-state index in [4.69, 9.17) is 10.5 Å². The van der Waals surface area contributed by atoms with Crippen LogP contribution >= 0.6 is 0 Å². The molecule has 138 valence electrons. The molecule has 5 nitrogen and oxygen atoms in total. The summed E-state index contributed by atoms with van der Waals surface area (Å²) in [5.74, 6) is 1.38. The number of para-hydroxylation sites is 3. The Morgan fingerprint density at radius 2 is 1.92 bits per heavy atom. The van der Waals surface area contributed by atoms with Gasteiger partial charge in [-0.05, 0) is 49.2 Å². The van der Waals surface area contributed by atoms with Gasteiger partial charge in [-0.3, -0.25) is 4.79 Å². The van der Waals surface area contributed by atoms with E-state index in [0.29, 0.717) is 24.4 Å². The lowest BCUT2D eigenvalue weighted by Crippen LogP contribution is -2.32.